The molecular formula is C24H27N5O4. The zero-order chi connectivity index (χ0) is 23.2. The smallest absolute Gasteiger partial charge is 0.308 e. The minimum Gasteiger partial charge on any atom is -0.452 e. The van der Waals surface area contributed by atoms with Crippen LogP contribution in [0.4, 0.5) is 0 Å². The van der Waals surface area contributed by atoms with Crippen LogP contribution in [-0.2, 0) is 27.4 Å². The summed E-state index contributed by atoms with van der Waals surface area (Å²) in [6, 6.07) is 17.1. The average Bonchev–Trinajstić information content (AvgIpc) is 2.84. The van der Waals surface area contributed by atoms with E-state index in [9.17, 15) is 14.4 Å². The first-order valence-electron chi connectivity index (χ1n) is 11.1. The van der Waals surface area contributed by atoms with E-state index in [1.54, 1.807) is 36.1 Å². The van der Waals surface area contributed by atoms with Crippen molar-refractivity contribution >= 4 is 22.8 Å². The van der Waals surface area contributed by atoms with E-state index < -0.39 is 12.1 Å². The molecule has 2 heterocycles. The molecule has 1 fully saturated rings. The Balaban J connectivity index is 1.24. The van der Waals surface area contributed by atoms with Crippen molar-refractivity contribution in [2.75, 3.05) is 26.2 Å². The van der Waals surface area contributed by atoms with Crippen LogP contribution in [0.2, 0.25) is 0 Å². The molecule has 33 heavy (non-hydrogen) atoms. The molecule has 0 aliphatic carbocycles. The standard InChI is InChI=1S/C24H27N5O4/c1-18(23(31)28-15-13-27(14-16-28)17-19-7-3-2-4-8-19)33-22(30)11-12-29-24(32)20-9-5-6-10-21(20)25-26-29/h2-10,18H,11-17H2,1H3. The minimum absolute atomic E-state index is 0.0363. The summed E-state index contributed by atoms with van der Waals surface area (Å²) in [5, 5.41) is 8.31. The molecule has 0 bridgehead atoms. The van der Waals surface area contributed by atoms with Gasteiger partial charge in [-0.2, -0.15) is 0 Å². The Bertz CT molecular complexity index is 1170. The highest BCUT2D eigenvalue weighted by atomic mass is 16.5. The van der Waals surface area contributed by atoms with Crippen molar-refractivity contribution in [3.63, 3.8) is 0 Å². The number of esters is 1. The summed E-state index contributed by atoms with van der Waals surface area (Å²) in [4.78, 5) is 41.5. The molecule has 0 saturated carbocycles. The maximum atomic E-state index is 12.7. The van der Waals surface area contributed by atoms with Crippen LogP contribution in [0.5, 0.6) is 0 Å². The van der Waals surface area contributed by atoms with E-state index in [4.69, 9.17) is 4.74 Å². The van der Waals surface area contributed by atoms with Crippen LogP contribution in [0.15, 0.2) is 59.4 Å². The Hall–Kier alpha value is -3.59. The molecule has 1 aliphatic heterocycles. The van der Waals surface area contributed by atoms with E-state index in [-0.39, 0.29) is 24.4 Å². The highest BCUT2D eigenvalue weighted by molar-refractivity contribution is 5.83. The number of amides is 1. The minimum atomic E-state index is -0.877. The Labute approximate surface area is 191 Å². The molecule has 3 aromatic rings. The lowest BCUT2D eigenvalue weighted by molar-refractivity contribution is -0.160. The number of carbonyl (C=O) groups excluding carboxylic acids is 2. The summed E-state index contributed by atoms with van der Waals surface area (Å²) in [6.07, 6.45) is -0.951. The topological polar surface area (TPSA) is 97.6 Å². The van der Waals surface area contributed by atoms with Gasteiger partial charge in [-0.1, -0.05) is 47.7 Å². The van der Waals surface area contributed by atoms with E-state index in [0.29, 0.717) is 24.0 Å². The van der Waals surface area contributed by atoms with Gasteiger partial charge >= 0.3 is 5.97 Å². The molecule has 9 heteroatoms. The van der Waals surface area contributed by atoms with Gasteiger partial charge in [-0.05, 0) is 24.6 Å². The first-order valence-corrected chi connectivity index (χ1v) is 11.1. The lowest BCUT2D eigenvalue weighted by Gasteiger charge is -2.35. The normalized spacial score (nSPS) is 15.4. The maximum Gasteiger partial charge on any atom is 0.308 e. The van der Waals surface area contributed by atoms with Gasteiger partial charge in [0, 0.05) is 32.7 Å². The molecular weight excluding hydrogens is 422 g/mol. The Morgan fingerprint density at radius 3 is 2.45 bits per heavy atom. The molecule has 0 spiro atoms. The van der Waals surface area contributed by atoms with Crippen molar-refractivity contribution in [1.29, 1.82) is 0 Å². The zero-order valence-electron chi connectivity index (χ0n) is 18.6. The third kappa shape index (κ3) is 5.61. The lowest BCUT2D eigenvalue weighted by Crippen LogP contribution is -2.51. The molecule has 1 unspecified atom stereocenters. The molecule has 1 amide bonds. The largest absolute Gasteiger partial charge is 0.452 e. The van der Waals surface area contributed by atoms with Crippen LogP contribution in [0.3, 0.4) is 0 Å². The number of ether oxygens (including phenoxy) is 1. The van der Waals surface area contributed by atoms with Gasteiger partial charge in [-0.15, -0.1) is 5.10 Å². The SMILES string of the molecule is CC(OC(=O)CCn1nnc2ccccc2c1=O)C(=O)N1CCN(Cc2ccccc2)CC1. The van der Waals surface area contributed by atoms with E-state index in [0.717, 1.165) is 24.3 Å². The molecule has 1 aliphatic rings. The molecule has 9 nitrogen and oxygen atoms in total. The lowest BCUT2D eigenvalue weighted by atomic mass is 10.2. The van der Waals surface area contributed by atoms with Gasteiger partial charge in [0.25, 0.3) is 11.5 Å². The Kier molecular flexibility index (Phi) is 7.09. The number of nitrogens with zero attached hydrogens (tertiary/aromatic N) is 5. The number of benzene rings is 2. The number of hydrogen-bond donors (Lipinski definition) is 0. The van der Waals surface area contributed by atoms with Gasteiger partial charge in [0.1, 0.15) is 5.52 Å². The number of carbonyl (C=O) groups is 2. The molecule has 4 rings (SSSR count). The number of aryl methyl sites for hydroxylation is 1. The maximum absolute atomic E-state index is 12.7. The summed E-state index contributed by atoms with van der Waals surface area (Å²) in [5.74, 6) is -0.759. The molecule has 0 radical (unpaired) electrons. The number of fused-ring (bicyclic) bond motifs is 1. The molecule has 0 N–H and O–H groups in total. The number of aromatic nitrogens is 3. The molecule has 1 saturated heterocycles. The van der Waals surface area contributed by atoms with E-state index in [1.807, 2.05) is 18.2 Å². The second-order valence-electron chi connectivity index (χ2n) is 8.10. The van der Waals surface area contributed by atoms with Gasteiger partial charge in [0.05, 0.1) is 18.4 Å². The predicted molar refractivity (Wildman–Crippen MR) is 122 cm³/mol. The monoisotopic (exact) mass is 449 g/mol. The van der Waals surface area contributed by atoms with Gasteiger partial charge in [0.2, 0.25) is 0 Å². The van der Waals surface area contributed by atoms with Crippen LogP contribution in [0.25, 0.3) is 10.9 Å². The van der Waals surface area contributed by atoms with Crippen molar-refractivity contribution in [3.8, 4) is 0 Å². The first kappa shape index (κ1) is 22.6. The van der Waals surface area contributed by atoms with Crippen LogP contribution in [-0.4, -0.2) is 69.0 Å². The molecule has 1 aromatic heterocycles. The summed E-state index contributed by atoms with van der Waals surface area (Å²) < 4.78 is 6.47. The van der Waals surface area contributed by atoms with Gasteiger partial charge in [0.15, 0.2) is 6.10 Å². The van der Waals surface area contributed by atoms with Gasteiger partial charge in [-0.25, -0.2) is 4.68 Å². The third-order valence-electron chi connectivity index (χ3n) is 5.75. The van der Waals surface area contributed by atoms with Crippen molar-refractivity contribution in [1.82, 2.24) is 24.8 Å². The molecule has 2 aromatic carbocycles. The second kappa shape index (κ2) is 10.4. The van der Waals surface area contributed by atoms with Gasteiger partial charge in [-0.3, -0.25) is 19.3 Å². The van der Waals surface area contributed by atoms with Crippen molar-refractivity contribution in [2.45, 2.75) is 32.5 Å². The molecule has 172 valence electrons. The fourth-order valence-corrected chi connectivity index (χ4v) is 3.90. The van der Waals surface area contributed by atoms with Crippen molar-refractivity contribution in [3.05, 3.63) is 70.5 Å². The second-order valence-corrected chi connectivity index (χ2v) is 8.10. The van der Waals surface area contributed by atoms with E-state index in [2.05, 4.69) is 27.3 Å². The number of hydrogen-bond acceptors (Lipinski definition) is 7. The summed E-state index contributed by atoms with van der Waals surface area (Å²) in [6.45, 7) is 5.19. The zero-order valence-corrected chi connectivity index (χ0v) is 18.6. The van der Waals surface area contributed by atoms with E-state index >= 15 is 0 Å². The number of piperazine rings is 1. The predicted octanol–water partition coefficient (Wildman–Crippen LogP) is 1.46. The highest BCUT2D eigenvalue weighted by Gasteiger charge is 2.27. The van der Waals surface area contributed by atoms with Crippen molar-refractivity contribution in [2.24, 2.45) is 0 Å². The average molecular weight is 450 g/mol. The van der Waals surface area contributed by atoms with E-state index in [1.165, 1.54) is 5.56 Å². The summed E-state index contributed by atoms with van der Waals surface area (Å²) in [5.41, 5.74) is 1.44. The Morgan fingerprint density at radius 2 is 1.70 bits per heavy atom. The third-order valence-corrected chi connectivity index (χ3v) is 5.75. The van der Waals surface area contributed by atoms with Crippen LogP contribution >= 0.6 is 0 Å². The quantitative estimate of drug-likeness (QED) is 0.504. The Morgan fingerprint density at radius 1 is 1.00 bits per heavy atom. The highest BCUT2D eigenvalue weighted by Crippen LogP contribution is 2.11. The van der Waals surface area contributed by atoms with Crippen LogP contribution in [0, 0.1) is 0 Å². The first-order chi connectivity index (χ1) is 16.0. The van der Waals surface area contributed by atoms with Gasteiger partial charge < -0.3 is 9.64 Å². The summed E-state index contributed by atoms with van der Waals surface area (Å²) in [7, 11) is 0. The molecule has 1 atom stereocenters. The van der Waals surface area contributed by atoms with Crippen molar-refractivity contribution < 1.29 is 14.3 Å². The fraction of sp³-hybridized carbons (Fsp3) is 0.375. The fourth-order valence-electron chi connectivity index (χ4n) is 3.90. The van der Waals surface area contributed by atoms with Crippen LogP contribution in [0.1, 0.15) is 18.9 Å². The summed E-state index contributed by atoms with van der Waals surface area (Å²) >= 11 is 0. The van der Waals surface area contributed by atoms with Crippen LogP contribution < -0.4 is 5.56 Å². The number of rotatable bonds is 7.